The zero-order chi connectivity index (χ0) is 15.9. The van der Waals surface area contributed by atoms with Gasteiger partial charge in [-0.3, -0.25) is 4.79 Å². The van der Waals surface area contributed by atoms with E-state index in [4.69, 9.17) is 4.74 Å². The molecule has 0 radical (unpaired) electrons. The fraction of sp³-hybridized carbons (Fsp3) is 0.588. The van der Waals surface area contributed by atoms with Gasteiger partial charge in [0.1, 0.15) is 5.37 Å². The number of rotatable bonds is 8. The van der Waals surface area contributed by atoms with Gasteiger partial charge in [0, 0.05) is 39.5 Å². The van der Waals surface area contributed by atoms with Crippen molar-refractivity contribution >= 4 is 23.4 Å². The maximum Gasteiger partial charge on any atom is 0.233 e. The maximum absolute atomic E-state index is 12.1. The number of carbonyl (C=O) groups is 1. The van der Waals surface area contributed by atoms with E-state index < -0.39 is 0 Å². The van der Waals surface area contributed by atoms with Gasteiger partial charge >= 0.3 is 0 Å². The van der Waals surface area contributed by atoms with Crippen LogP contribution in [0.2, 0.25) is 0 Å². The second kappa shape index (κ2) is 8.44. The van der Waals surface area contributed by atoms with E-state index in [-0.39, 0.29) is 11.3 Å². The van der Waals surface area contributed by atoms with Gasteiger partial charge in [-0.05, 0) is 30.5 Å². The highest BCUT2D eigenvalue weighted by Gasteiger charge is 2.32. The quantitative estimate of drug-likeness (QED) is 0.688. The highest BCUT2D eigenvalue weighted by Crippen LogP contribution is 2.38. The van der Waals surface area contributed by atoms with Crippen molar-refractivity contribution in [2.24, 2.45) is 0 Å². The van der Waals surface area contributed by atoms with E-state index in [0.29, 0.717) is 5.75 Å². The van der Waals surface area contributed by atoms with Gasteiger partial charge in [-0.15, -0.1) is 11.8 Å². The van der Waals surface area contributed by atoms with Crippen molar-refractivity contribution in [2.75, 3.05) is 44.5 Å². The lowest BCUT2D eigenvalue weighted by Crippen LogP contribution is -2.30. The number of hydrogen-bond acceptors (Lipinski definition) is 4. The predicted molar refractivity (Wildman–Crippen MR) is 93.4 cm³/mol. The molecule has 1 aromatic carbocycles. The minimum Gasteiger partial charge on any atom is -0.381 e. The minimum absolute atomic E-state index is 0.148. The van der Waals surface area contributed by atoms with Crippen molar-refractivity contribution < 1.29 is 9.53 Å². The first-order valence-corrected chi connectivity index (χ1v) is 8.94. The van der Waals surface area contributed by atoms with Crippen molar-refractivity contribution in [1.29, 1.82) is 0 Å². The van der Waals surface area contributed by atoms with Crippen LogP contribution < -0.4 is 4.90 Å². The Balaban J connectivity index is 1.94. The summed E-state index contributed by atoms with van der Waals surface area (Å²) in [6.07, 6.45) is 1.94. The SMILES string of the molecule is CCCOCCCN1C(=O)CSC1c1ccc(N(C)C)cc1. The van der Waals surface area contributed by atoms with Crippen molar-refractivity contribution in [1.82, 2.24) is 4.90 Å². The molecule has 0 aliphatic carbocycles. The van der Waals surface area contributed by atoms with Crippen molar-refractivity contribution in [2.45, 2.75) is 25.1 Å². The molecule has 0 bridgehead atoms. The van der Waals surface area contributed by atoms with Crippen LogP contribution in [0.25, 0.3) is 0 Å². The second-order valence-electron chi connectivity index (χ2n) is 5.70. The minimum atomic E-state index is 0.148. The Morgan fingerprint density at radius 3 is 2.64 bits per heavy atom. The number of nitrogens with zero attached hydrogens (tertiary/aromatic N) is 2. The van der Waals surface area contributed by atoms with Crippen LogP contribution in [0.3, 0.4) is 0 Å². The van der Waals surface area contributed by atoms with Crippen LogP contribution in [0.1, 0.15) is 30.7 Å². The summed E-state index contributed by atoms with van der Waals surface area (Å²) in [7, 11) is 4.07. The van der Waals surface area contributed by atoms with E-state index in [2.05, 4.69) is 36.1 Å². The zero-order valence-electron chi connectivity index (χ0n) is 13.7. The first kappa shape index (κ1) is 17.2. The molecule has 0 N–H and O–H groups in total. The van der Waals surface area contributed by atoms with Gasteiger partial charge in [0.25, 0.3) is 0 Å². The lowest BCUT2D eigenvalue weighted by atomic mass is 10.1. The van der Waals surface area contributed by atoms with Gasteiger partial charge < -0.3 is 14.5 Å². The van der Waals surface area contributed by atoms with Gasteiger partial charge in [-0.25, -0.2) is 0 Å². The van der Waals surface area contributed by atoms with Crippen LogP contribution in [0.15, 0.2) is 24.3 Å². The van der Waals surface area contributed by atoms with Crippen LogP contribution in [0, 0.1) is 0 Å². The number of benzene rings is 1. The predicted octanol–water partition coefficient (Wildman–Crippen LogP) is 3.14. The standard InChI is InChI=1S/C17H26N2O2S/c1-4-11-21-12-5-10-19-16(20)13-22-17(19)14-6-8-15(9-7-14)18(2)3/h6-9,17H,4-5,10-13H2,1-3H3. The Kier molecular flexibility index (Phi) is 6.58. The summed E-state index contributed by atoms with van der Waals surface area (Å²) in [5, 5.41) is 0.148. The Morgan fingerprint density at radius 2 is 2.00 bits per heavy atom. The Labute approximate surface area is 137 Å². The number of hydrogen-bond donors (Lipinski definition) is 0. The number of carbonyl (C=O) groups excluding carboxylic acids is 1. The van der Waals surface area contributed by atoms with Crippen LogP contribution in [-0.2, 0) is 9.53 Å². The lowest BCUT2D eigenvalue weighted by Gasteiger charge is -2.24. The van der Waals surface area contributed by atoms with Gasteiger partial charge in [0.2, 0.25) is 5.91 Å². The molecule has 1 amide bonds. The molecule has 1 aliphatic heterocycles. The fourth-order valence-corrected chi connectivity index (χ4v) is 3.71. The summed E-state index contributed by atoms with van der Waals surface area (Å²) < 4.78 is 5.51. The summed E-state index contributed by atoms with van der Waals surface area (Å²) in [6.45, 7) is 4.41. The Bertz CT molecular complexity index is 476. The molecule has 1 atom stereocenters. The summed E-state index contributed by atoms with van der Waals surface area (Å²) in [6, 6.07) is 8.49. The van der Waals surface area contributed by atoms with Crippen molar-refractivity contribution in [3.8, 4) is 0 Å². The topological polar surface area (TPSA) is 32.8 Å². The van der Waals surface area contributed by atoms with Crippen molar-refractivity contribution in [3.05, 3.63) is 29.8 Å². The third kappa shape index (κ3) is 4.40. The fourth-order valence-electron chi connectivity index (χ4n) is 2.49. The average Bonchev–Trinajstić information content (AvgIpc) is 2.88. The van der Waals surface area contributed by atoms with E-state index in [1.165, 1.54) is 11.3 Å². The maximum atomic E-state index is 12.1. The van der Waals surface area contributed by atoms with Gasteiger partial charge in [0.15, 0.2) is 0 Å². The van der Waals surface area contributed by atoms with Crippen LogP contribution in [-0.4, -0.2) is 50.4 Å². The largest absolute Gasteiger partial charge is 0.381 e. The van der Waals surface area contributed by atoms with Gasteiger partial charge in [-0.2, -0.15) is 0 Å². The molecule has 1 unspecified atom stereocenters. The molecule has 122 valence electrons. The first-order chi connectivity index (χ1) is 10.6. The Hall–Kier alpha value is -1.20. The van der Waals surface area contributed by atoms with E-state index in [0.717, 1.165) is 32.6 Å². The lowest BCUT2D eigenvalue weighted by molar-refractivity contribution is -0.128. The molecule has 1 aromatic rings. The third-order valence-electron chi connectivity index (χ3n) is 3.70. The molecule has 22 heavy (non-hydrogen) atoms. The molecule has 0 spiro atoms. The average molecular weight is 322 g/mol. The zero-order valence-corrected chi connectivity index (χ0v) is 14.6. The number of ether oxygens (including phenoxy) is 1. The molecule has 1 saturated heterocycles. The molecular weight excluding hydrogens is 296 g/mol. The van der Waals surface area contributed by atoms with E-state index in [1.54, 1.807) is 11.8 Å². The van der Waals surface area contributed by atoms with E-state index in [9.17, 15) is 4.79 Å². The molecule has 1 heterocycles. The molecule has 1 fully saturated rings. The number of thioether (sulfide) groups is 1. The summed E-state index contributed by atoms with van der Waals surface area (Å²) >= 11 is 1.72. The summed E-state index contributed by atoms with van der Waals surface area (Å²) in [5.74, 6) is 0.817. The second-order valence-corrected chi connectivity index (χ2v) is 6.77. The van der Waals surface area contributed by atoms with Gasteiger partial charge in [-0.1, -0.05) is 19.1 Å². The number of anilines is 1. The third-order valence-corrected chi connectivity index (χ3v) is 4.95. The first-order valence-electron chi connectivity index (χ1n) is 7.89. The summed E-state index contributed by atoms with van der Waals surface area (Å²) in [4.78, 5) is 16.2. The van der Waals surface area contributed by atoms with E-state index >= 15 is 0 Å². The smallest absolute Gasteiger partial charge is 0.233 e. The molecule has 5 heteroatoms. The van der Waals surface area contributed by atoms with Crippen LogP contribution >= 0.6 is 11.8 Å². The Morgan fingerprint density at radius 1 is 1.27 bits per heavy atom. The monoisotopic (exact) mass is 322 g/mol. The molecular formula is C17H26N2O2S. The van der Waals surface area contributed by atoms with Crippen LogP contribution in [0.5, 0.6) is 0 Å². The molecule has 0 aromatic heterocycles. The van der Waals surface area contributed by atoms with E-state index in [1.807, 2.05) is 19.0 Å². The molecule has 2 rings (SSSR count). The molecule has 1 aliphatic rings. The van der Waals surface area contributed by atoms with Crippen molar-refractivity contribution in [3.63, 3.8) is 0 Å². The van der Waals surface area contributed by atoms with Crippen LogP contribution in [0.4, 0.5) is 5.69 Å². The van der Waals surface area contributed by atoms with Gasteiger partial charge in [0.05, 0.1) is 5.75 Å². The normalized spacial score (nSPS) is 18.0. The number of amides is 1. The highest BCUT2D eigenvalue weighted by atomic mass is 32.2. The summed E-state index contributed by atoms with van der Waals surface area (Å²) in [5.41, 5.74) is 2.38. The molecule has 0 saturated carbocycles. The highest BCUT2D eigenvalue weighted by molar-refractivity contribution is 8.00. The molecule has 4 nitrogen and oxygen atoms in total.